The molecule has 1 unspecified atom stereocenters. The first-order chi connectivity index (χ1) is 9.13. The zero-order valence-electron chi connectivity index (χ0n) is 12.8. The molecule has 0 aliphatic carbocycles. The van der Waals surface area contributed by atoms with Gasteiger partial charge in [0.05, 0.1) is 7.11 Å². The Kier molecular flexibility index (Phi) is 4.87. The summed E-state index contributed by atoms with van der Waals surface area (Å²) in [7, 11) is 1.77. The van der Waals surface area contributed by atoms with E-state index in [-0.39, 0.29) is 0 Å². The Morgan fingerprint density at radius 1 is 1.26 bits per heavy atom. The molecule has 1 N–H and O–H groups in total. The van der Waals surface area contributed by atoms with Crippen molar-refractivity contribution in [1.29, 1.82) is 0 Å². The summed E-state index contributed by atoms with van der Waals surface area (Å²) in [6.45, 7) is 8.96. The fourth-order valence-corrected chi connectivity index (χ4v) is 3.25. The van der Waals surface area contributed by atoms with Crippen LogP contribution in [0.5, 0.6) is 5.75 Å². The van der Waals surface area contributed by atoms with Crippen molar-refractivity contribution in [3.05, 3.63) is 28.3 Å². The largest absolute Gasteiger partial charge is 0.496 e. The van der Waals surface area contributed by atoms with E-state index in [1.165, 1.54) is 61.0 Å². The summed E-state index contributed by atoms with van der Waals surface area (Å²) in [5, 5.41) is 3.51. The molecule has 1 aliphatic rings. The van der Waals surface area contributed by atoms with E-state index in [4.69, 9.17) is 4.74 Å². The van der Waals surface area contributed by atoms with Crippen molar-refractivity contribution in [1.82, 2.24) is 5.32 Å². The zero-order valence-corrected chi connectivity index (χ0v) is 12.8. The van der Waals surface area contributed by atoms with Crippen LogP contribution in [-0.4, -0.2) is 20.2 Å². The number of piperidine rings is 1. The van der Waals surface area contributed by atoms with Crippen molar-refractivity contribution in [2.24, 2.45) is 5.92 Å². The first kappa shape index (κ1) is 14.4. The molecule has 0 spiro atoms. The average molecular weight is 261 g/mol. The topological polar surface area (TPSA) is 21.3 Å². The fraction of sp³-hybridized carbons (Fsp3) is 0.647. The third-order valence-electron chi connectivity index (χ3n) is 4.56. The van der Waals surface area contributed by atoms with Crippen LogP contribution in [0.1, 0.15) is 41.5 Å². The molecule has 0 bridgehead atoms. The standard InChI is InChI=1S/C17H27NO/c1-12-10-16(13(2)14(3)17(12)19-4)8-7-15-6-5-9-18-11-15/h10,15,18H,5-9,11H2,1-4H3. The predicted octanol–water partition coefficient (Wildman–Crippen LogP) is 3.55. The van der Waals surface area contributed by atoms with Crippen LogP contribution >= 0.6 is 0 Å². The second-order valence-electron chi connectivity index (χ2n) is 5.89. The van der Waals surface area contributed by atoms with Crippen LogP contribution in [0.3, 0.4) is 0 Å². The lowest BCUT2D eigenvalue weighted by Crippen LogP contribution is -2.30. The SMILES string of the molecule is COc1c(C)cc(CCC2CCCNC2)c(C)c1C. The second-order valence-corrected chi connectivity index (χ2v) is 5.89. The Morgan fingerprint density at radius 2 is 2.05 bits per heavy atom. The van der Waals surface area contributed by atoms with Gasteiger partial charge < -0.3 is 10.1 Å². The van der Waals surface area contributed by atoms with Gasteiger partial charge in [-0.1, -0.05) is 6.07 Å². The molecule has 0 amide bonds. The van der Waals surface area contributed by atoms with E-state index in [0.29, 0.717) is 0 Å². The van der Waals surface area contributed by atoms with E-state index >= 15 is 0 Å². The van der Waals surface area contributed by atoms with Crippen molar-refractivity contribution >= 4 is 0 Å². The summed E-state index contributed by atoms with van der Waals surface area (Å²) < 4.78 is 5.50. The maximum atomic E-state index is 5.50. The van der Waals surface area contributed by atoms with Gasteiger partial charge >= 0.3 is 0 Å². The fourth-order valence-electron chi connectivity index (χ4n) is 3.25. The van der Waals surface area contributed by atoms with Crippen LogP contribution in [0.25, 0.3) is 0 Å². The van der Waals surface area contributed by atoms with Crippen molar-refractivity contribution in [2.45, 2.75) is 46.5 Å². The van der Waals surface area contributed by atoms with Crippen molar-refractivity contribution in [3.63, 3.8) is 0 Å². The van der Waals surface area contributed by atoms with Gasteiger partial charge in [-0.2, -0.15) is 0 Å². The van der Waals surface area contributed by atoms with Gasteiger partial charge in [0.2, 0.25) is 0 Å². The average Bonchev–Trinajstić information content (AvgIpc) is 2.43. The van der Waals surface area contributed by atoms with Gasteiger partial charge in [-0.05, 0) is 87.7 Å². The molecule has 1 atom stereocenters. The van der Waals surface area contributed by atoms with E-state index in [2.05, 4.69) is 32.2 Å². The highest BCUT2D eigenvalue weighted by Gasteiger charge is 2.15. The smallest absolute Gasteiger partial charge is 0.124 e. The number of rotatable bonds is 4. The summed E-state index contributed by atoms with van der Waals surface area (Å²) in [6.07, 6.45) is 5.23. The van der Waals surface area contributed by atoms with Crippen LogP contribution in [0, 0.1) is 26.7 Å². The number of hydrogen-bond acceptors (Lipinski definition) is 2. The highest BCUT2D eigenvalue weighted by Crippen LogP contribution is 2.30. The minimum Gasteiger partial charge on any atom is -0.496 e. The molecular formula is C17H27NO. The van der Waals surface area contributed by atoms with Gasteiger partial charge in [0.25, 0.3) is 0 Å². The molecule has 0 aromatic heterocycles. The molecule has 1 heterocycles. The summed E-state index contributed by atoms with van der Waals surface area (Å²) in [4.78, 5) is 0. The Morgan fingerprint density at radius 3 is 2.68 bits per heavy atom. The van der Waals surface area contributed by atoms with Crippen LogP contribution in [0.4, 0.5) is 0 Å². The zero-order chi connectivity index (χ0) is 13.8. The number of benzene rings is 1. The normalized spacial score (nSPS) is 19.5. The minimum absolute atomic E-state index is 0.857. The Bertz CT molecular complexity index is 433. The lowest BCUT2D eigenvalue weighted by Gasteiger charge is -2.23. The molecule has 1 aliphatic heterocycles. The first-order valence-corrected chi connectivity index (χ1v) is 7.48. The van der Waals surface area contributed by atoms with Gasteiger partial charge in [-0.3, -0.25) is 0 Å². The molecule has 19 heavy (non-hydrogen) atoms. The van der Waals surface area contributed by atoms with E-state index in [1.807, 2.05) is 0 Å². The Hall–Kier alpha value is -1.02. The first-order valence-electron chi connectivity index (χ1n) is 7.48. The van der Waals surface area contributed by atoms with E-state index < -0.39 is 0 Å². The summed E-state index contributed by atoms with van der Waals surface area (Å²) >= 11 is 0. The Balaban J connectivity index is 2.07. The number of hydrogen-bond donors (Lipinski definition) is 1. The maximum Gasteiger partial charge on any atom is 0.124 e. The molecule has 1 aromatic carbocycles. The third kappa shape index (κ3) is 3.30. The van der Waals surface area contributed by atoms with Gasteiger partial charge in [-0.15, -0.1) is 0 Å². The van der Waals surface area contributed by atoms with Gasteiger partial charge in [-0.25, -0.2) is 0 Å². The van der Waals surface area contributed by atoms with Gasteiger partial charge in [0.15, 0.2) is 0 Å². The number of aryl methyl sites for hydroxylation is 2. The van der Waals surface area contributed by atoms with Crippen LogP contribution in [-0.2, 0) is 6.42 Å². The number of nitrogens with one attached hydrogen (secondary N) is 1. The molecule has 1 aromatic rings. The molecule has 2 nitrogen and oxygen atoms in total. The molecule has 106 valence electrons. The molecule has 0 radical (unpaired) electrons. The second kappa shape index (κ2) is 6.42. The number of methoxy groups -OCH3 is 1. The van der Waals surface area contributed by atoms with E-state index in [0.717, 1.165) is 11.7 Å². The lowest BCUT2D eigenvalue weighted by atomic mass is 9.89. The third-order valence-corrected chi connectivity index (χ3v) is 4.56. The summed E-state index contributed by atoms with van der Waals surface area (Å²) in [6, 6.07) is 2.32. The van der Waals surface area contributed by atoms with Crippen molar-refractivity contribution in [2.75, 3.05) is 20.2 Å². The molecular weight excluding hydrogens is 234 g/mol. The molecule has 2 rings (SSSR count). The van der Waals surface area contributed by atoms with Crippen LogP contribution < -0.4 is 10.1 Å². The maximum absolute atomic E-state index is 5.50. The van der Waals surface area contributed by atoms with E-state index in [1.54, 1.807) is 7.11 Å². The highest BCUT2D eigenvalue weighted by molar-refractivity contribution is 5.49. The van der Waals surface area contributed by atoms with Crippen LogP contribution in [0.2, 0.25) is 0 Å². The van der Waals surface area contributed by atoms with Crippen LogP contribution in [0.15, 0.2) is 6.07 Å². The Labute approximate surface area is 117 Å². The van der Waals surface area contributed by atoms with Gasteiger partial charge in [0, 0.05) is 0 Å². The lowest BCUT2D eigenvalue weighted by molar-refractivity contribution is 0.358. The van der Waals surface area contributed by atoms with Crippen molar-refractivity contribution < 1.29 is 4.74 Å². The molecule has 1 saturated heterocycles. The monoisotopic (exact) mass is 261 g/mol. The van der Waals surface area contributed by atoms with E-state index in [9.17, 15) is 0 Å². The molecule has 2 heteroatoms. The van der Waals surface area contributed by atoms with Crippen molar-refractivity contribution in [3.8, 4) is 5.75 Å². The molecule has 1 fully saturated rings. The number of ether oxygens (including phenoxy) is 1. The minimum atomic E-state index is 0.857. The molecule has 0 saturated carbocycles. The van der Waals surface area contributed by atoms with Gasteiger partial charge in [0.1, 0.15) is 5.75 Å². The quantitative estimate of drug-likeness (QED) is 0.895. The summed E-state index contributed by atoms with van der Waals surface area (Å²) in [5.41, 5.74) is 5.48. The highest BCUT2D eigenvalue weighted by atomic mass is 16.5. The summed E-state index contributed by atoms with van der Waals surface area (Å²) in [5.74, 6) is 1.91. The predicted molar refractivity (Wildman–Crippen MR) is 81.1 cm³/mol.